The molecule has 2 rings (SSSR count). The normalized spacial score (nSPS) is 18.9. The van der Waals surface area contributed by atoms with Gasteiger partial charge in [-0.15, -0.1) is 0 Å². The third-order valence-electron chi connectivity index (χ3n) is 3.49. The third kappa shape index (κ3) is 3.20. The number of nitrogens with one attached hydrogen (secondary N) is 1. The van der Waals surface area contributed by atoms with Crippen molar-refractivity contribution < 1.29 is 18.4 Å². The molecule has 0 radical (unpaired) electrons. The van der Waals surface area contributed by atoms with E-state index in [1.165, 1.54) is 7.05 Å². The number of nitrogens with zero attached hydrogens (tertiary/aromatic N) is 3. The Morgan fingerprint density at radius 1 is 1.48 bits per heavy atom. The molecule has 1 aliphatic rings. The first-order valence-electron chi connectivity index (χ1n) is 6.72. The summed E-state index contributed by atoms with van der Waals surface area (Å²) in [6.07, 6.45) is -2.47. The van der Waals surface area contributed by atoms with Gasteiger partial charge in [-0.3, -0.25) is 14.3 Å². The van der Waals surface area contributed by atoms with Crippen LogP contribution in [-0.4, -0.2) is 45.1 Å². The van der Waals surface area contributed by atoms with Gasteiger partial charge in [0.25, 0.3) is 12.3 Å². The van der Waals surface area contributed by atoms with Gasteiger partial charge in [0.1, 0.15) is 5.69 Å². The Labute approximate surface area is 121 Å². The van der Waals surface area contributed by atoms with E-state index in [-0.39, 0.29) is 35.8 Å². The summed E-state index contributed by atoms with van der Waals surface area (Å²) in [7, 11) is 1.36. The Bertz CT molecular complexity index is 556. The molecular weight excluding hydrogens is 282 g/mol. The molecule has 1 N–H and O–H groups in total. The van der Waals surface area contributed by atoms with Crippen LogP contribution in [0.5, 0.6) is 0 Å². The van der Waals surface area contributed by atoms with E-state index in [2.05, 4.69) is 10.4 Å². The fourth-order valence-electron chi connectivity index (χ4n) is 2.38. The number of carbonyl (C=O) groups excluding carboxylic acids is 2. The molecular formula is C13H18F2N4O2. The maximum Gasteiger partial charge on any atom is 0.280 e. The molecule has 1 aromatic heterocycles. The first-order chi connectivity index (χ1) is 9.79. The van der Waals surface area contributed by atoms with Crippen LogP contribution < -0.4 is 5.32 Å². The van der Waals surface area contributed by atoms with Gasteiger partial charge in [-0.25, -0.2) is 8.78 Å². The summed E-state index contributed by atoms with van der Waals surface area (Å²) in [4.78, 5) is 25.4. The van der Waals surface area contributed by atoms with Gasteiger partial charge in [-0.2, -0.15) is 5.10 Å². The van der Waals surface area contributed by atoms with Crippen molar-refractivity contribution >= 4 is 11.8 Å². The van der Waals surface area contributed by atoms with Crippen LogP contribution in [0.3, 0.4) is 0 Å². The number of rotatable bonds is 4. The lowest BCUT2D eigenvalue weighted by Crippen LogP contribution is -2.39. The van der Waals surface area contributed by atoms with Crippen LogP contribution in [0.4, 0.5) is 8.78 Å². The fourth-order valence-corrected chi connectivity index (χ4v) is 2.38. The molecule has 6 nitrogen and oxygen atoms in total. The first-order valence-corrected chi connectivity index (χ1v) is 6.72. The highest BCUT2D eigenvalue weighted by molar-refractivity contribution is 5.93. The van der Waals surface area contributed by atoms with Crippen molar-refractivity contribution in [2.75, 3.05) is 6.54 Å². The minimum absolute atomic E-state index is 0.0235. The molecule has 1 aliphatic heterocycles. The van der Waals surface area contributed by atoms with E-state index in [1.807, 2.05) is 13.8 Å². The second-order valence-corrected chi connectivity index (χ2v) is 5.39. The molecule has 2 heterocycles. The van der Waals surface area contributed by atoms with E-state index < -0.39 is 12.3 Å². The van der Waals surface area contributed by atoms with Gasteiger partial charge in [-0.1, -0.05) is 0 Å². The average molecular weight is 300 g/mol. The Balaban J connectivity index is 2.03. The highest BCUT2D eigenvalue weighted by Crippen LogP contribution is 2.19. The summed E-state index contributed by atoms with van der Waals surface area (Å²) < 4.78 is 26.3. The zero-order valence-corrected chi connectivity index (χ0v) is 12.1. The maximum atomic E-state index is 12.7. The minimum atomic E-state index is -2.69. The van der Waals surface area contributed by atoms with Gasteiger partial charge in [0.15, 0.2) is 5.69 Å². The number of halogens is 2. The number of likely N-dealkylation sites (tertiary alicyclic amines) is 1. The topological polar surface area (TPSA) is 67.2 Å². The molecule has 0 spiro atoms. The Hall–Kier alpha value is -1.99. The predicted molar refractivity (Wildman–Crippen MR) is 70.9 cm³/mol. The molecule has 116 valence electrons. The molecule has 0 bridgehead atoms. The van der Waals surface area contributed by atoms with Crippen molar-refractivity contribution in [2.45, 2.75) is 38.8 Å². The SMILES string of the molecule is CC(C)N1CC(NC(=O)c2cc(C(F)F)n(C)n2)CC1=O. The summed E-state index contributed by atoms with van der Waals surface area (Å²) in [5.74, 6) is -0.564. The highest BCUT2D eigenvalue weighted by atomic mass is 19.3. The number of amides is 2. The Kier molecular flexibility index (Phi) is 4.24. The lowest BCUT2D eigenvalue weighted by Gasteiger charge is -2.20. The molecule has 8 heteroatoms. The van der Waals surface area contributed by atoms with Crippen LogP contribution in [0.2, 0.25) is 0 Å². The van der Waals surface area contributed by atoms with E-state index in [4.69, 9.17) is 0 Å². The molecule has 1 saturated heterocycles. The summed E-state index contributed by atoms with van der Waals surface area (Å²) in [5.41, 5.74) is -0.380. The summed E-state index contributed by atoms with van der Waals surface area (Å²) in [6, 6.07) is 0.820. The van der Waals surface area contributed by atoms with Gasteiger partial charge < -0.3 is 10.2 Å². The number of hydrogen-bond acceptors (Lipinski definition) is 3. The van der Waals surface area contributed by atoms with Crippen LogP contribution in [0.25, 0.3) is 0 Å². The van der Waals surface area contributed by atoms with Gasteiger partial charge in [0.05, 0.1) is 6.04 Å². The molecule has 0 aromatic carbocycles. The number of hydrogen-bond donors (Lipinski definition) is 1. The second-order valence-electron chi connectivity index (χ2n) is 5.39. The zero-order chi connectivity index (χ0) is 15.7. The zero-order valence-electron chi connectivity index (χ0n) is 12.1. The van der Waals surface area contributed by atoms with Gasteiger partial charge in [-0.05, 0) is 19.9 Å². The fraction of sp³-hybridized carbons (Fsp3) is 0.615. The van der Waals surface area contributed by atoms with E-state index in [0.29, 0.717) is 6.54 Å². The van der Waals surface area contributed by atoms with Crippen LogP contribution in [0.15, 0.2) is 6.07 Å². The van der Waals surface area contributed by atoms with Crippen molar-refractivity contribution in [3.8, 4) is 0 Å². The van der Waals surface area contributed by atoms with Crippen molar-refractivity contribution in [1.82, 2.24) is 20.0 Å². The van der Waals surface area contributed by atoms with Crippen molar-refractivity contribution in [2.24, 2.45) is 7.05 Å². The Morgan fingerprint density at radius 3 is 2.62 bits per heavy atom. The molecule has 1 fully saturated rings. The number of aryl methyl sites for hydroxylation is 1. The standard InChI is InChI=1S/C13H18F2N4O2/c1-7(2)19-6-8(4-11(19)20)16-13(21)9-5-10(12(14)15)18(3)17-9/h5,7-8,12H,4,6H2,1-3H3,(H,16,21). The summed E-state index contributed by atoms with van der Waals surface area (Å²) in [6.45, 7) is 4.22. The van der Waals surface area contributed by atoms with Gasteiger partial charge in [0.2, 0.25) is 5.91 Å². The maximum absolute atomic E-state index is 12.7. The predicted octanol–water partition coefficient (Wildman–Crippen LogP) is 1.10. The molecule has 0 aliphatic carbocycles. The van der Waals surface area contributed by atoms with E-state index >= 15 is 0 Å². The third-order valence-corrected chi connectivity index (χ3v) is 3.49. The monoisotopic (exact) mass is 300 g/mol. The molecule has 1 aromatic rings. The van der Waals surface area contributed by atoms with Crippen LogP contribution in [-0.2, 0) is 11.8 Å². The molecule has 21 heavy (non-hydrogen) atoms. The van der Waals surface area contributed by atoms with Crippen molar-refractivity contribution in [3.63, 3.8) is 0 Å². The average Bonchev–Trinajstić information content (AvgIpc) is 2.92. The second kappa shape index (κ2) is 5.79. The van der Waals surface area contributed by atoms with E-state index in [0.717, 1.165) is 10.7 Å². The lowest BCUT2D eigenvalue weighted by atomic mass is 10.2. The molecule has 1 atom stereocenters. The minimum Gasteiger partial charge on any atom is -0.346 e. The first kappa shape index (κ1) is 15.4. The van der Waals surface area contributed by atoms with Crippen molar-refractivity contribution in [1.29, 1.82) is 0 Å². The van der Waals surface area contributed by atoms with Crippen LogP contribution in [0.1, 0.15) is 42.9 Å². The largest absolute Gasteiger partial charge is 0.346 e. The lowest BCUT2D eigenvalue weighted by molar-refractivity contribution is -0.129. The number of carbonyl (C=O) groups is 2. The molecule has 1 unspecified atom stereocenters. The van der Waals surface area contributed by atoms with Gasteiger partial charge in [0, 0.05) is 26.1 Å². The Morgan fingerprint density at radius 2 is 2.14 bits per heavy atom. The summed E-state index contributed by atoms with van der Waals surface area (Å²) in [5, 5.41) is 6.44. The number of alkyl halides is 2. The summed E-state index contributed by atoms with van der Waals surface area (Å²) >= 11 is 0. The van der Waals surface area contributed by atoms with Crippen LogP contribution >= 0.6 is 0 Å². The van der Waals surface area contributed by atoms with E-state index in [1.54, 1.807) is 4.90 Å². The quantitative estimate of drug-likeness (QED) is 0.905. The highest BCUT2D eigenvalue weighted by Gasteiger charge is 2.32. The number of aromatic nitrogens is 2. The molecule has 2 amide bonds. The molecule has 0 saturated carbocycles. The van der Waals surface area contributed by atoms with Gasteiger partial charge >= 0.3 is 0 Å². The van der Waals surface area contributed by atoms with E-state index in [9.17, 15) is 18.4 Å². The van der Waals surface area contributed by atoms with Crippen LogP contribution in [0, 0.1) is 0 Å². The van der Waals surface area contributed by atoms with Crippen molar-refractivity contribution in [3.05, 3.63) is 17.5 Å². The smallest absolute Gasteiger partial charge is 0.280 e.